The first kappa shape index (κ1) is 17.0. The minimum absolute atomic E-state index is 0.350. The Labute approximate surface area is 179 Å². The molecule has 0 amide bonds. The van der Waals surface area contributed by atoms with Crippen molar-refractivity contribution < 1.29 is 0 Å². The fourth-order valence-electron chi connectivity index (χ4n) is 4.92. The van der Waals surface area contributed by atoms with Crippen LogP contribution in [-0.4, -0.2) is 0 Å². The van der Waals surface area contributed by atoms with Gasteiger partial charge < -0.3 is 0 Å². The van der Waals surface area contributed by atoms with E-state index in [9.17, 15) is 0 Å². The van der Waals surface area contributed by atoms with Crippen LogP contribution < -0.4 is 0 Å². The van der Waals surface area contributed by atoms with Gasteiger partial charge in [-0.25, -0.2) is 0 Å². The van der Waals surface area contributed by atoms with E-state index in [0.29, 0.717) is 0 Å². The minimum Gasteiger partial charge on any atom is -0.135 e. The molecule has 0 saturated heterocycles. The lowest BCUT2D eigenvalue weighted by Crippen LogP contribution is -2.28. The third kappa shape index (κ3) is 2.26. The maximum atomic E-state index is 6.48. The van der Waals surface area contributed by atoms with Gasteiger partial charge in [-0.05, 0) is 51.4 Å². The molecule has 138 valence electrons. The molecule has 1 aliphatic rings. The van der Waals surface area contributed by atoms with Gasteiger partial charge in [0.15, 0.2) is 0 Å². The molecule has 1 aromatic heterocycles. The third-order valence-electron chi connectivity index (χ3n) is 6.01. The second-order valence-electron chi connectivity index (χ2n) is 7.47. The van der Waals surface area contributed by atoms with Crippen molar-refractivity contribution in [2.75, 3.05) is 0 Å². The number of fused-ring (bicyclic) bond motifs is 5. The Morgan fingerprint density at radius 3 is 1.97 bits per heavy atom. The molecule has 0 aliphatic heterocycles. The molecule has 6 rings (SSSR count). The molecule has 0 N–H and O–H groups in total. The predicted molar refractivity (Wildman–Crippen MR) is 124 cm³/mol. The van der Waals surface area contributed by atoms with Crippen molar-refractivity contribution in [3.8, 4) is 10.4 Å². The Morgan fingerprint density at radius 1 is 0.655 bits per heavy atom. The van der Waals surface area contributed by atoms with Crippen LogP contribution in [0.15, 0.2) is 103 Å². The summed E-state index contributed by atoms with van der Waals surface area (Å²) in [6, 6.07) is 36.9. The van der Waals surface area contributed by atoms with Crippen molar-refractivity contribution in [1.29, 1.82) is 0 Å². The van der Waals surface area contributed by atoms with E-state index in [-0.39, 0.29) is 5.41 Å². The van der Waals surface area contributed by atoms with Crippen LogP contribution >= 0.6 is 22.9 Å². The summed E-state index contributed by atoms with van der Waals surface area (Å²) in [6.07, 6.45) is 0. The van der Waals surface area contributed by atoms with Gasteiger partial charge in [0.1, 0.15) is 0 Å². The van der Waals surface area contributed by atoms with E-state index in [1.54, 1.807) is 0 Å². The lowest BCUT2D eigenvalue weighted by atomic mass is 9.67. The van der Waals surface area contributed by atoms with Gasteiger partial charge in [-0.2, -0.15) is 0 Å². The fourth-order valence-corrected chi connectivity index (χ4v) is 6.38. The van der Waals surface area contributed by atoms with E-state index in [0.717, 1.165) is 5.02 Å². The summed E-state index contributed by atoms with van der Waals surface area (Å²) in [5.41, 5.74) is 6.17. The van der Waals surface area contributed by atoms with Crippen LogP contribution in [0.2, 0.25) is 5.02 Å². The number of benzene rings is 4. The average Bonchev–Trinajstić information content (AvgIpc) is 3.29. The Bertz CT molecular complexity index is 1310. The molecule has 0 saturated carbocycles. The Hall–Kier alpha value is -2.87. The summed E-state index contributed by atoms with van der Waals surface area (Å²) in [6.45, 7) is 0. The molecule has 0 atom stereocenters. The third-order valence-corrected chi connectivity index (χ3v) is 7.45. The van der Waals surface area contributed by atoms with Crippen molar-refractivity contribution in [3.63, 3.8) is 0 Å². The number of halogens is 1. The Balaban J connectivity index is 1.87. The van der Waals surface area contributed by atoms with Gasteiger partial charge in [0.05, 0.1) is 5.41 Å². The highest BCUT2D eigenvalue weighted by molar-refractivity contribution is 7.22. The van der Waals surface area contributed by atoms with Crippen molar-refractivity contribution >= 4 is 33.0 Å². The van der Waals surface area contributed by atoms with Crippen molar-refractivity contribution in [2.45, 2.75) is 5.41 Å². The first-order chi connectivity index (χ1) is 14.3. The zero-order chi connectivity index (χ0) is 19.4. The lowest BCUT2D eigenvalue weighted by Gasteiger charge is -2.33. The molecule has 0 radical (unpaired) electrons. The maximum Gasteiger partial charge on any atom is 0.0728 e. The van der Waals surface area contributed by atoms with Gasteiger partial charge in [0.2, 0.25) is 0 Å². The van der Waals surface area contributed by atoms with Crippen LogP contribution in [0.3, 0.4) is 0 Å². The maximum absolute atomic E-state index is 6.48. The predicted octanol–water partition coefficient (Wildman–Crippen LogP) is 7.92. The highest BCUT2D eigenvalue weighted by Crippen LogP contribution is 2.61. The highest BCUT2D eigenvalue weighted by Gasteiger charge is 2.48. The zero-order valence-corrected chi connectivity index (χ0v) is 17.2. The smallest absolute Gasteiger partial charge is 0.0728 e. The summed E-state index contributed by atoms with van der Waals surface area (Å²) in [7, 11) is 0. The molecule has 1 aliphatic carbocycles. The molecule has 2 heteroatoms. The fraction of sp³-hybridized carbons (Fsp3) is 0.0370. The summed E-state index contributed by atoms with van der Waals surface area (Å²) in [5.74, 6) is 0. The van der Waals surface area contributed by atoms with Crippen LogP contribution in [-0.2, 0) is 5.41 Å². The number of hydrogen-bond donors (Lipinski definition) is 0. The van der Waals surface area contributed by atoms with Crippen LogP contribution in [0.25, 0.3) is 20.5 Å². The van der Waals surface area contributed by atoms with Crippen molar-refractivity contribution in [2.24, 2.45) is 0 Å². The molecular weight excluding hydrogens is 392 g/mol. The Kier molecular flexibility index (Phi) is 3.71. The number of rotatable bonds is 2. The second-order valence-corrected chi connectivity index (χ2v) is 8.96. The van der Waals surface area contributed by atoms with Gasteiger partial charge in [-0.15, -0.1) is 11.3 Å². The lowest BCUT2D eigenvalue weighted by molar-refractivity contribution is 0.776. The Morgan fingerprint density at radius 2 is 1.28 bits per heavy atom. The minimum atomic E-state index is -0.350. The van der Waals surface area contributed by atoms with Gasteiger partial charge >= 0.3 is 0 Å². The molecule has 4 aromatic carbocycles. The molecule has 0 fully saturated rings. The molecule has 0 nitrogen and oxygen atoms in total. The molecule has 29 heavy (non-hydrogen) atoms. The quantitative estimate of drug-likeness (QED) is 0.273. The first-order valence-electron chi connectivity index (χ1n) is 9.73. The van der Waals surface area contributed by atoms with E-state index in [1.807, 2.05) is 17.4 Å². The van der Waals surface area contributed by atoms with Gasteiger partial charge in [-0.1, -0.05) is 96.5 Å². The summed E-state index contributed by atoms with van der Waals surface area (Å²) < 4.78 is 1.32. The molecule has 1 heterocycles. The van der Waals surface area contributed by atoms with Crippen molar-refractivity contribution in [3.05, 3.63) is 130 Å². The normalized spacial score (nSPS) is 14.0. The molecule has 5 aromatic rings. The summed E-state index contributed by atoms with van der Waals surface area (Å²) >= 11 is 8.35. The van der Waals surface area contributed by atoms with Crippen LogP contribution in [0.4, 0.5) is 0 Å². The molecule has 0 unspecified atom stereocenters. The number of hydrogen-bond acceptors (Lipinski definition) is 1. The van der Waals surface area contributed by atoms with E-state index < -0.39 is 0 Å². The van der Waals surface area contributed by atoms with Crippen molar-refractivity contribution in [1.82, 2.24) is 0 Å². The van der Waals surface area contributed by atoms with Crippen LogP contribution in [0, 0.1) is 0 Å². The average molecular weight is 409 g/mol. The monoisotopic (exact) mass is 408 g/mol. The van der Waals surface area contributed by atoms with Gasteiger partial charge in [0, 0.05) is 14.6 Å². The van der Waals surface area contributed by atoms with Gasteiger partial charge in [-0.3, -0.25) is 0 Å². The SMILES string of the molecule is Clc1ccc2c(c1)-c1sc3ccccc3c1C2(c1ccccc1)c1ccccc1. The first-order valence-corrected chi connectivity index (χ1v) is 10.9. The zero-order valence-electron chi connectivity index (χ0n) is 15.6. The van der Waals surface area contributed by atoms with E-state index >= 15 is 0 Å². The number of thiophene rings is 1. The standard InChI is InChI=1S/C27H17ClS/c28-20-15-16-23-22(17-20)26-25(21-13-7-8-14-24(21)29-26)27(23,18-9-3-1-4-10-18)19-11-5-2-6-12-19/h1-17H. The van der Waals surface area contributed by atoms with Gasteiger partial charge in [0.25, 0.3) is 0 Å². The van der Waals surface area contributed by atoms with E-state index in [2.05, 4.69) is 97.1 Å². The highest BCUT2D eigenvalue weighted by atomic mass is 35.5. The largest absolute Gasteiger partial charge is 0.135 e. The van der Waals surface area contributed by atoms with E-state index in [1.165, 1.54) is 42.8 Å². The molecule has 0 spiro atoms. The molecular formula is C27H17ClS. The topological polar surface area (TPSA) is 0 Å². The summed E-state index contributed by atoms with van der Waals surface area (Å²) in [5, 5.41) is 2.11. The van der Waals surface area contributed by atoms with E-state index in [4.69, 9.17) is 11.6 Å². The molecule has 0 bridgehead atoms. The second kappa shape index (κ2) is 6.32. The van der Waals surface area contributed by atoms with Crippen LogP contribution in [0.1, 0.15) is 22.3 Å². The van der Waals surface area contributed by atoms with Crippen LogP contribution in [0.5, 0.6) is 0 Å². The summed E-state index contributed by atoms with van der Waals surface area (Å²) in [4.78, 5) is 1.33.